The van der Waals surface area contributed by atoms with E-state index in [1.807, 2.05) is 30.3 Å². The quantitative estimate of drug-likeness (QED) is 0.344. The molecule has 0 bridgehead atoms. The van der Waals surface area contributed by atoms with E-state index in [0.717, 1.165) is 17.3 Å². The number of fused-ring (bicyclic) bond motifs is 1. The first-order valence-corrected chi connectivity index (χ1v) is 11.1. The van der Waals surface area contributed by atoms with Gasteiger partial charge in [-0.3, -0.25) is 14.4 Å². The number of hydrogen-bond acceptors (Lipinski definition) is 8. The van der Waals surface area contributed by atoms with Crippen molar-refractivity contribution < 1.29 is 58.3 Å². The molecule has 31 heavy (non-hydrogen) atoms. The van der Waals surface area contributed by atoms with Crippen molar-refractivity contribution in [2.45, 2.75) is 29.1 Å². The van der Waals surface area contributed by atoms with Crippen LogP contribution in [0, 0.1) is 0 Å². The molecule has 11 heteroatoms. The number of carbonyl (C=O) groups is 4. The Bertz CT molecular complexity index is 971. The van der Waals surface area contributed by atoms with Gasteiger partial charge in [-0.05, 0) is 17.7 Å². The van der Waals surface area contributed by atoms with Gasteiger partial charge in [-0.15, -0.1) is 11.8 Å². The van der Waals surface area contributed by atoms with Crippen LogP contribution < -0.4 is 40.0 Å². The van der Waals surface area contributed by atoms with E-state index in [4.69, 9.17) is 4.42 Å². The molecule has 0 aliphatic carbocycles. The van der Waals surface area contributed by atoms with E-state index < -0.39 is 34.6 Å². The van der Waals surface area contributed by atoms with E-state index in [1.54, 1.807) is 6.07 Å². The molecule has 2 amide bonds. The first-order chi connectivity index (χ1) is 14.5. The molecule has 2 aliphatic heterocycles. The maximum atomic E-state index is 12.5. The Balaban J connectivity index is 0.00000272. The Hall–Kier alpha value is -1.72. The number of β-lactam (4-membered cyclic amide) rings is 1. The number of aliphatic carboxylic acids is 1. The number of carboxylic acids is 1. The summed E-state index contributed by atoms with van der Waals surface area (Å²) in [5.74, 6) is -1.78. The Morgan fingerprint density at radius 2 is 1.90 bits per heavy atom. The molecule has 0 spiro atoms. The standard InChI is InChI=1S/C20H18N2O6S2.Na/c23-14(9-11-5-2-1-3-6-11)21-15-17(24)22-16(19(25)26)13(30-18(15)22)10-29-20(27)12-7-4-8-28-12;/h1-8,13,15-16,18H,9-10H2,(H,21,23)(H,25,26);/q;+1/p-1/t13-,15-,16-,18-;/m1./s1. The Kier molecular flexibility index (Phi) is 7.92. The van der Waals surface area contributed by atoms with E-state index in [0.29, 0.717) is 0 Å². The van der Waals surface area contributed by atoms with Crippen LogP contribution in [-0.2, 0) is 20.8 Å². The topological polar surface area (TPSA) is 120 Å². The minimum Gasteiger partial charge on any atom is -0.548 e. The van der Waals surface area contributed by atoms with Gasteiger partial charge in [-0.2, -0.15) is 0 Å². The van der Waals surface area contributed by atoms with Gasteiger partial charge in [0, 0.05) is 11.0 Å². The number of hydrogen-bond donors (Lipinski definition) is 1. The zero-order valence-electron chi connectivity index (χ0n) is 16.6. The summed E-state index contributed by atoms with van der Waals surface area (Å²) >= 11 is 2.19. The van der Waals surface area contributed by atoms with Crippen LogP contribution in [0.2, 0.25) is 0 Å². The van der Waals surface area contributed by atoms with Crippen molar-refractivity contribution in [1.82, 2.24) is 10.2 Å². The molecule has 4 atom stereocenters. The Morgan fingerprint density at radius 3 is 2.55 bits per heavy atom. The zero-order valence-corrected chi connectivity index (χ0v) is 20.2. The third kappa shape index (κ3) is 5.04. The summed E-state index contributed by atoms with van der Waals surface area (Å²) in [4.78, 5) is 49.9. The van der Waals surface area contributed by atoms with Crippen molar-refractivity contribution in [3.63, 3.8) is 0 Å². The minimum atomic E-state index is -1.37. The first-order valence-electron chi connectivity index (χ1n) is 9.18. The minimum absolute atomic E-state index is 0. The second-order valence-electron chi connectivity index (χ2n) is 6.86. The third-order valence-corrected chi connectivity index (χ3v) is 7.66. The van der Waals surface area contributed by atoms with Gasteiger partial charge >= 0.3 is 29.6 Å². The molecule has 3 heterocycles. The number of nitrogens with zero attached hydrogens (tertiary/aromatic N) is 1. The molecule has 2 aliphatic rings. The summed E-state index contributed by atoms with van der Waals surface area (Å²) in [6.07, 6.45) is 1.51. The molecular weight excluding hydrogens is 451 g/mol. The van der Waals surface area contributed by atoms with Crippen molar-refractivity contribution in [2.24, 2.45) is 0 Å². The van der Waals surface area contributed by atoms with Crippen molar-refractivity contribution in [1.29, 1.82) is 0 Å². The van der Waals surface area contributed by atoms with Gasteiger partial charge in [-0.25, -0.2) is 0 Å². The number of rotatable bonds is 7. The number of carbonyl (C=O) groups excluding carboxylic acids is 4. The summed E-state index contributed by atoms with van der Waals surface area (Å²) in [7, 11) is 0. The average molecular weight is 468 g/mol. The molecule has 1 N–H and O–H groups in total. The molecule has 2 fully saturated rings. The molecule has 156 valence electrons. The van der Waals surface area contributed by atoms with Crippen LogP contribution in [0.15, 0.2) is 53.1 Å². The molecule has 1 aromatic carbocycles. The zero-order chi connectivity index (χ0) is 21.3. The second-order valence-corrected chi connectivity index (χ2v) is 9.21. The van der Waals surface area contributed by atoms with E-state index >= 15 is 0 Å². The monoisotopic (exact) mass is 468 g/mol. The van der Waals surface area contributed by atoms with Gasteiger partial charge in [0.15, 0.2) is 5.76 Å². The SMILES string of the molecule is O=C(Cc1ccccc1)N[C@@H]1C(=O)N2[C@@H]1S[C@H](CSC(=O)c1ccco1)[C@@H]2C(=O)[O-].[Na+]. The number of furan rings is 1. The van der Waals surface area contributed by atoms with Crippen molar-refractivity contribution in [2.75, 3.05) is 5.75 Å². The summed E-state index contributed by atoms with van der Waals surface area (Å²) in [6, 6.07) is 10.3. The van der Waals surface area contributed by atoms with Crippen LogP contribution in [-0.4, -0.2) is 56.3 Å². The largest absolute Gasteiger partial charge is 1.00 e. The number of benzene rings is 1. The molecule has 0 saturated carbocycles. The van der Waals surface area contributed by atoms with Crippen LogP contribution in [0.25, 0.3) is 0 Å². The molecule has 0 radical (unpaired) electrons. The predicted octanol–water partition coefficient (Wildman–Crippen LogP) is -2.71. The van der Waals surface area contributed by atoms with Gasteiger partial charge in [-0.1, -0.05) is 42.1 Å². The smallest absolute Gasteiger partial charge is 0.548 e. The van der Waals surface area contributed by atoms with Crippen LogP contribution in [0.5, 0.6) is 0 Å². The number of nitrogens with one attached hydrogen (secondary N) is 1. The maximum Gasteiger partial charge on any atom is 1.00 e. The van der Waals surface area contributed by atoms with Gasteiger partial charge in [0.05, 0.1) is 24.7 Å². The van der Waals surface area contributed by atoms with Gasteiger partial charge < -0.3 is 24.5 Å². The van der Waals surface area contributed by atoms with Crippen molar-refractivity contribution in [3.05, 3.63) is 60.1 Å². The molecule has 0 unspecified atom stereocenters. The van der Waals surface area contributed by atoms with Crippen LogP contribution in [0.4, 0.5) is 0 Å². The molecular formula is C20H17N2NaO6S2. The predicted molar refractivity (Wildman–Crippen MR) is 108 cm³/mol. The Labute approximate surface area is 208 Å². The molecule has 2 saturated heterocycles. The summed E-state index contributed by atoms with van der Waals surface area (Å²) in [5, 5.41) is 13.0. The normalized spacial score (nSPS) is 24.0. The van der Waals surface area contributed by atoms with Gasteiger partial charge in [0.25, 0.3) is 5.12 Å². The van der Waals surface area contributed by atoms with E-state index in [2.05, 4.69) is 5.32 Å². The van der Waals surface area contributed by atoms with Crippen LogP contribution in [0.3, 0.4) is 0 Å². The number of amides is 2. The van der Waals surface area contributed by atoms with Crippen LogP contribution >= 0.6 is 23.5 Å². The fourth-order valence-electron chi connectivity index (χ4n) is 3.52. The first kappa shape index (κ1) is 23.9. The van der Waals surface area contributed by atoms with Gasteiger partial charge in [0.2, 0.25) is 11.8 Å². The fraction of sp³-hybridized carbons (Fsp3) is 0.300. The Morgan fingerprint density at radius 1 is 1.16 bits per heavy atom. The number of thioether (sulfide) groups is 2. The maximum absolute atomic E-state index is 12.5. The molecule has 1 aromatic heterocycles. The molecule has 2 aromatic rings. The molecule has 4 rings (SSSR count). The summed E-state index contributed by atoms with van der Waals surface area (Å²) in [6.45, 7) is 0. The number of carboxylic acid groups (broad SMARTS) is 1. The molecule has 8 nitrogen and oxygen atoms in total. The van der Waals surface area contributed by atoms with Gasteiger partial charge in [0.1, 0.15) is 11.4 Å². The van der Waals surface area contributed by atoms with E-state index in [1.165, 1.54) is 29.0 Å². The van der Waals surface area contributed by atoms with Crippen LogP contribution in [0.1, 0.15) is 16.1 Å². The third-order valence-electron chi connectivity index (χ3n) is 4.91. The summed E-state index contributed by atoms with van der Waals surface area (Å²) in [5.41, 5.74) is 0.816. The summed E-state index contributed by atoms with van der Waals surface area (Å²) < 4.78 is 5.05. The van der Waals surface area contributed by atoms with Crippen molar-refractivity contribution in [3.8, 4) is 0 Å². The second kappa shape index (κ2) is 10.3. The average Bonchev–Trinajstić information content (AvgIpc) is 3.38. The van der Waals surface area contributed by atoms with E-state index in [9.17, 15) is 24.3 Å². The fourth-order valence-corrected chi connectivity index (χ4v) is 6.25. The van der Waals surface area contributed by atoms with E-state index in [-0.39, 0.29) is 58.5 Å². The van der Waals surface area contributed by atoms with Crippen molar-refractivity contribution >= 4 is 46.4 Å².